The zero-order valence-corrected chi connectivity index (χ0v) is 10.5. The van der Waals surface area contributed by atoms with Crippen molar-refractivity contribution in [2.45, 2.75) is 6.92 Å². The SMILES string of the molecule is Cc1cc(-c2ccccn2)c(-c2ccccc2F)[nH]1. The molecule has 94 valence electrons. The number of aromatic nitrogens is 2. The number of hydrogen-bond acceptors (Lipinski definition) is 1. The van der Waals surface area contributed by atoms with Crippen molar-refractivity contribution in [1.29, 1.82) is 0 Å². The number of rotatable bonds is 2. The van der Waals surface area contributed by atoms with Crippen LogP contribution in [-0.4, -0.2) is 9.97 Å². The topological polar surface area (TPSA) is 28.7 Å². The summed E-state index contributed by atoms with van der Waals surface area (Å²) in [6.45, 7) is 1.96. The van der Waals surface area contributed by atoms with Crippen LogP contribution < -0.4 is 0 Å². The molecule has 0 bridgehead atoms. The van der Waals surface area contributed by atoms with Crippen LogP contribution in [-0.2, 0) is 0 Å². The maximum atomic E-state index is 13.9. The number of nitrogens with zero attached hydrogens (tertiary/aromatic N) is 1. The quantitative estimate of drug-likeness (QED) is 0.727. The molecule has 0 aliphatic rings. The zero-order valence-electron chi connectivity index (χ0n) is 10.5. The Morgan fingerprint density at radius 2 is 1.79 bits per heavy atom. The first kappa shape index (κ1) is 11.7. The minimum absolute atomic E-state index is 0.235. The summed E-state index contributed by atoms with van der Waals surface area (Å²) in [7, 11) is 0. The van der Waals surface area contributed by atoms with E-state index >= 15 is 0 Å². The first-order valence-corrected chi connectivity index (χ1v) is 6.11. The van der Waals surface area contributed by atoms with Crippen LogP contribution in [0, 0.1) is 12.7 Å². The normalized spacial score (nSPS) is 10.6. The largest absolute Gasteiger partial charge is 0.358 e. The second-order valence-electron chi connectivity index (χ2n) is 4.44. The van der Waals surface area contributed by atoms with Gasteiger partial charge in [0.2, 0.25) is 0 Å². The van der Waals surface area contributed by atoms with E-state index in [1.54, 1.807) is 18.3 Å². The third kappa shape index (κ3) is 2.15. The molecule has 2 aromatic heterocycles. The first-order chi connectivity index (χ1) is 9.25. The Morgan fingerprint density at radius 3 is 2.53 bits per heavy atom. The zero-order chi connectivity index (χ0) is 13.2. The highest BCUT2D eigenvalue weighted by Crippen LogP contribution is 2.32. The predicted molar refractivity (Wildman–Crippen MR) is 74.2 cm³/mol. The van der Waals surface area contributed by atoms with Crippen LogP contribution >= 0.6 is 0 Å². The van der Waals surface area contributed by atoms with Crippen LogP contribution in [0.15, 0.2) is 54.7 Å². The molecule has 3 heteroatoms. The van der Waals surface area contributed by atoms with Crippen LogP contribution in [0.2, 0.25) is 0 Å². The minimum atomic E-state index is -0.235. The van der Waals surface area contributed by atoms with Crippen molar-refractivity contribution >= 4 is 0 Å². The Kier molecular flexibility index (Phi) is 2.88. The second-order valence-corrected chi connectivity index (χ2v) is 4.44. The van der Waals surface area contributed by atoms with Gasteiger partial charge in [-0.1, -0.05) is 18.2 Å². The molecule has 19 heavy (non-hydrogen) atoms. The van der Waals surface area contributed by atoms with E-state index in [2.05, 4.69) is 9.97 Å². The highest BCUT2D eigenvalue weighted by molar-refractivity contribution is 5.80. The van der Waals surface area contributed by atoms with Gasteiger partial charge in [0.25, 0.3) is 0 Å². The van der Waals surface area contributed by atoms with E-state index in [0.717, 1.165) is 22.6 Å². The van der Waals surface area contributed by atoms with Crippen molar-refractivity contribution in [3.63, 3.8) is 0 Å². The van der Waals surface area contributed by atoms with E-state index in [1.165, 1.54) is 6.07 Å². The van der Waals surface area contributed by atoms with Gasteiger partial charge >= 0.3 is 0 Å². The third-order valence-corrected chi connectivity index (χ3v) is 3.04. The molecule has 3 rings (SSSR count). The summed E-state index contributed by atoms with van der Waals surface area (Å²) in [6, 6.07) is 14.5. The van der Waals surface area contributed by atoms with Crippen molar-refractivity contribution in [3.05, 3.63) is 66.2 Å². The minimum Gasteiger partial charge on any atom is -0.358 e. The number of pyridine rings is 1. The van der Waals surface area contributed by atoms with Crippen molar-refractivity contribution in [2.75, 3.05) is 0 Å². The Labute approximate surface area is 111 Å². The molecule has 0 aliphatic heterocycles. The molecule has 3 aromatic rings. The van der Waals surface area contributed by atoms with Gasteiger partial charge in [0, 0.05) is 23.0 Å². The van der Waals surface area contributed by atoms with E-state index in [0.29, 0.717) is 5.56 Å². The van der Waals surface area contributed by atoms with E-state index < -0.39 is 0 Å². The summed E-state index contributed by atoms with van der Waals surface area (Å²) in [5, 5.41) is 0. The van der Waals surface area contributed by atoms with E-state index in [4.69, 9.17) is 0 Å². The Hall–Kier alpha value is -2.42. The van der Waals surface area contributed by atoms with E-state index in [1.807, 2.05) is 37.3 Å². The molecule has 0 saturated carbocycles. The van der Waals surface area contributed by atoms with Crippen LogP contribution in [0.1, 0.15) is 5.69 Å². The summed E-state index contributed by atoms with van der Waals surface area (Å²) in [5.41, 5.74) is 4.08. The Morgan fingerprint density at radius 1 is 1.00 bits per heavy atom. The molecule has 2 nitrogen and oxygen atoms in total. The predicted octanol–water partition coefficient (Wildman–Crippen LogP) is 4.19. The number of halogens is 1. The third-order valence-electron chi connectivity index (χ3n) is 3.04. The number of hydrogen-bond donors (Lipinski definition) is 1. The van der Waals surface area contributed by atoms with Gasteiger partial charge in [-0.25, -0.2) is 4.39 Å². The lowest BCUT2D eigenvalue weighted by molar-refractivity contribution is 0.631. The number of aryl methyl sites for hydroxylation is 1. The smallest absolute Gasteiger partial charge is 0.132 e. The van der Waals surface area contributed by atoms with Crippen LogP contribution in [0.25, 0.3) is 22.5 Å². The molecule has 0 spiro atoms. The average molecular weight is 252 g/mol. The molecule has 0 fully saturated rings. The van der Waals surface area contributed by atoms with E-state index in [9.17, 15) is 4.39 Å². The van der Waals surface area contributed by atoms with Crippen LogP contribution in [0.3, 0.4) is 0 Å². The first-order valence-electron chi connectivity index (χ1n) is 6.11. The molecule has 1 N–H and O–H groups in total. The number of benzene rings is 1. The van der Waals surface area contributed by atoms with Gasteiger partial charge in [0.15, 0.2) is 0 Å². The van der Waals surface area contributed by atoms with Gasteiger partial charge in [-0.2, -0.15) is 0 Å². The summed E-state index contributed by atoms with van der Waals surface area (Å²) < 4.78 is 13.9. The highest BCUT2D eigenvalue weighted by atomic mass is 19.1. The molecule has 0 amide bonds. The Bertz CT molecular complexity index is 702. The Balaban J connectivity index is 2.21. The molecular weight excluding hydrogens is 239 g/mol. The van der Waals surface area contributed by atoms with Gasteiger partial charge in [-0.05, 0) is 37.3 Å². The second kappa shape index (κ2) is 4.69. The standard InChI is InChI=1S/C16H13FN2/c1-11-10-13(15-8-4-5-9-18-15)16(19-11)12-6-2-3-7-14(12)17/h2-10,19H,1H3. The number of aromatic amines is 1. The van der Waals surface area contributed by atoms with Gasteiger partial charge in [-0.3, -0.25) is 4.98 Å². The van der Waals surface area contributed by atoms with Crippen molar-refractivity contribution in [3.8, 4) is 22.5 Å². The summed E-state index contributed by atoms with van der Waals surface area (Å²) in [5.74, 6) is -0.235. The number of H-pyrrole nitrogens is 1. The molecule has 0 aliphatic carbocycles. The van der Waals surface area contributed by atoms with Crippen LogP contribution in [0.4, 0.5) is 4.39 Å². The average Bonchev–Trinajstić information content (AvgIpc) is 2.82. The molecule has 0 saturated heterocycles. The van der Waals surface area contributed by atoms with Crippen LogP contribution in [0.5, 0.6) is 0 Å². The maximum absolute atomic E-state index is 13.9. The fraction of sp³-hybridized carbons (Fsp3) is 0.0625. The van der Waals surface area contributed by atoms with Gasteiger partial charge in [0.05, 0.1) is 11.4 Å². The van der Waals surface area contributed by atoms with Gasteiger partial charge in [-0.15, -0.1) is 0 Å². The molecule has 2 heterocycles. The molecule has 0 atom stereocenters. The lowest BCUT2D eigenvalue weighted by Crippen LogP contribution is -1.88. The molecular formula is C16H13FN2. The highest BCUT2D eigenvalue weighted by Gasteiger charge is 2.14. The van der Waals surface area contributed by atoms with E-state index in [-0.39, 0.29) is 5.82 Å². The fourth-order valence-electron chi connectivity index (χ4n) is 2.19. The fourth-order valence-corrected chi connectivity index (χ4v) is 2.19. The monoisotopic (exact) mass is 252 g/mol. The summed E-state index contributed by atoms with van der Waals surface area (Å²) in [4.78, 5) is 7.56. The maximum Gasteiger partial charge on any atom is 0.132 e. The number of nitrogens with one attached hydrogen (secondary N) is 1. The van der Waals surface area contributed by atoms with Crippen molar-refractivity contribution < 1.29 is 4.39 Å². The molecule has 0 radical (unpaired) electrons. The van der Waals surface area contributed by atoms with Gasteiger partial charge < -0.3 is 4.98 Å². The summed E-state index contributed by atoms with van der Waals surface area (Å²) in [6.07, 6.45) is 1.74. The molecule has 0 unspecified atom stereocenters. The summed E-state index contributed by atoms with van der Waals surface area (Å²) >= 11 is 0. The molecule has 1 aromatic carbocycles. The lowest BCUT2D eigenvalue weighted by atomic mass is 10.0. The van der Waals surface area contributed by atoms with Crippen molar-refractivity contribution in [1.82, 2.24) is 9.97 Å². The lowest BCUT2D eigenvalue weighted by Gasteiger charge is -2.05. The van der Waals surface area contributed by atoms with Gasteiger partial charge in [0.1, 0.15) is 5.82 Å². The van der Waals surface area contributed by atoms with Crippen molar-refractivity contribution in [2.24, 2.45) is 0 Å².